The molecule has 0 spiro atoms. The van der Waals surface area contributed by atoms with Crippen molar-refractivity contribution in [3.63, 3.8) is 0 Å². The monoisotopic (exact) mass is 282 g/mol. The largest absolute Gasteiger partial charge is 0.322 e. The molecule has 1 saturated carbocycles. The zero-order chi connectivity index (χ0) is 11.1. The van der Waals surface area contributed by atoms with Crippen LogP contribution in [0.3, 0.4) is 0 Å². The predicted molar refractivity (Wildman–Crippen MR) is 64.8 cm³/mol. The van der Waals surface area contributed by atoms with E-state index < -0.39 is 6.17 Å². The van der Waals surface area contributed by atoms with Crippen LogP contribution < -0.4 is 0 Å². The molecule has 0 amide bonds. The number of rotatable bonds is 2. The highest BCUT2D eigenvalue weighted by Crippen LogP contribution is 2.39. The molecule has 0 aromatic carbocycles. The standard InChI is InChI=1S/C12H12BrFN2/c13-12-11(8-1-3-9(14)4-2-8)15-7-16(12)10-5-6-10/h1-3,7,9-10H,4-6H2. The quantitative estimate of drug-likeness (QED) is 0.810. The van der Waals surface area contributed by atoms with Gasteiger partial charge < -0.3 is 4.57 Å². The second-order valence-electron chi connectivity index (χ2n) is 4.29. The summed E-state index contributed by atoms with van der Waals surface area (Å²) in [6.45, 7) is 0. The molecule has 1 fully saturated rings. The Bertz CT molecular complexity index is 471. The van der Waals surface area contributed by atoms with Crippen LogP contribution in [0, 0.1) is 0 Å². The molecule has 1 aromatic rings. The molecule has 2 aliphatic carbocycles. The predicted octanol–water partition coefficient (Wildman–Crippen LogP) is 3.66. The molecule has 0 aliphatic heterocycles. The zero-order valence-electron chi connectivity index (χ0n) is 8.74. The van der Waals surface area contributed by atoms with Gasteiger partial charge in [-0.15, -0.1) is 0 Å². The second kappa shape index (κ2) is 3.84. The fraction of sp³-hybridized carbons (Fsp3) is 0.417. The Morgan fingerprint density at radius 1 is 1.44 bits per heavy atom. The van der Waals surface area contributed by atoms with E-state index in [0.29, 0.717) is 12.5 Å². The maximum Gasteiger partial charge on any atom is 0.122 e. The molecule has 2 aliphatic rings. The molecule has 0 radical (unpaired) electrons. The molecule has 0 N–H and O–H groups in total. The first-order valence-electron chi connectivity index (χ1n) is 5.51. The maximum absolute atomic E-state index is 12.9. The fourth-order valence-corrected chi connectivity index (χ4v) is 2.63. The number of aromatic nitrogens is 2. The molecule has 2 nitrogen and oxygen atoms in total. The van der Waals surface area contributed by atoms with E-state index in [9.17, 15) is 4.39 Å². The van der Waals surface area contributed by atoms with Gasteiger partial charge in [0.15, 0.2) is 0 Å². The van der Waals surface area contributed by atoms with Crippen molar-refractivity contribution in [2.75, 3.05) is 0 Å². The summed E-state index contributed by atoms with van der Waals surface area (Å²) < 4.78 is 16.1. The van der Waals surface area contributed by atoms with Crippen LogP contribution in [0.2, 0.25) is 0 Å². The van der Waals surface area contributed by atoms with Crippen molar-refractivity contribution in [3.05, 3.63) is 34.9 Å². The van der Waals surface area contributed by atoms with Gasteiger partial charge in [0.1, 0.15) is 16.5 Å². The van der Waals surface area contributed by atoms with Crippen molar-refractivity contribution >= 4 is 21.5 Å². The van der Waals surface area contributed by atoms with E-state index in [1.165, 1.54) is 12.8 Å². The Balaban J connectivity index is 1.92. The van der Waals surface area contributed by atoms with Crippen LogP contribution in [0.4, 0.5) is 4.39 Å². The molecule has 16 heavy (non-hydrogen) atoms. The number of imidazole rings is 1. The molecular weight excluding hydrogens is 271 g/mol. The van der Waals surface area contributed by atoms with Crippen LogP contribution in [0.1, 0.15) is 31.0 Å². The first-order valence-corrected chi connectivity index (χ1v) is 6.30. The van der Waals surface area contributed by atoms with Crippen molar-refractivity contribution in [2.24, 2.45) is 0 Å². The Hall–Kier alpha value is -0.900. The topological polar surface area (TPSA) is 17.8 Å². The lowest BCUT2D eigenvalue weighted by Crippen LogP contribution is -1.99. The van der Waals surface area contributed by atoms with Crippen LogP contribution in [-0.4, -0.2) is 15.7 Å². The summed E-state index contributed by atoms with van der Waals surface area (Å²) in [6.07, 6.45) is 9.27. The van der Waals surface area contributed by atoms with Gasteiger partial charge >= 0.3 is 0 Å². The highest BCUT2D eigenvalue weighted by molar-refractivity contribution is 9.10. The lowest BCUT2D eigenvalue weighted by molar-refractivity contribution is 0.402. The normalized spacial score (nSPS) is 24.6. The van der Waals surface area contributed by atoms with E-state index in [4.69, 9.17) is 0 Å². The third-order valence-electron chi connectivity index (χ3n) is 2.99. The number of alkyl halides is 1. The average molecular weight is 283 g/mol. The summed E-state index contributed by atoms with van der Waals surface area (Å²) >= 11 is 3.57. The average Bonchev–Trinajstić information content (AvgIpc) is 3.05. The number of hydrogen-bond donors (Lipinski definition) is 0. The number of allylic oxidation sites excluding steroid dienone is 4. The van der Waals surface area contributed by atoms with E-state index in [-0.39, 0.29) is 0 Å². The van der Waals surface area contributed by atoms with Gasteiger partial charge in [-0.25, -0.2) is 9.37 Å². The zero-order valence-corrected chi connectivity index (χ0v) is 10.3. The first-order chi connectivity index (χ1) is 7.75. The molecular formula is C12H12BrFN2. The third kappa shape index (κ3) is 1.75. The Morgan fingerprint density at radius 3 is 2.88 bits per heavy atom. The minimum absolute atomic E-state index is 0.453. The Labute approximate surface area is 102 Å². The third-order valence-corrected chi connectivity index (χ3v) is 3.78. The number of nitrogens with zero attached hydrogens (tertiary/aromatic N) is 2. The molecule has 1 aromatic heterocycles. The SMILES string of the molecule is FC1C=CC(c2ncn(C3CC3)c2Br)=CC1. The van der Waals surface area contributed by atoms with Crippen molar-refractivity contribution in [1.29, 1.82) is 0 Å². The smallest absolute Gasteiger partial charge is 0.122 e. The van der Waals surface area contributed by atoms with Gasteiger partial charge in [0.2, 0.25) is 0 Å². The molecule has 1 unspecified atom stereocenters. The summed E-state index contributed by atoms with van der Waals surface area (Å²) in [5, 5.41) is 0. The van der Waals surface area contributed by atoms with Gasteiger partial charge in [0.25, 0.3) is 0 Å². The lowest BCUT2D eigenvalue weighted by atomic mass is 10.0. The summed E-state index contributed by atoms with van der Waals surface area (Å²) in [7, 11) is 0. The van der Waals surface area contributed by atoms with E-state index in [0.717, 1.165) is 15.9 Å². The van der Waals surface area contributed by atoms with E-state index in [2.05, 4.69) is 25.5 Å². The van der Waals surface area contributed by atoms with Crippen LogP contribution in [0.25, 0.3) is 5.57 Å². The minimum atomic E-state index is -0.840. The van der Waals surface area contributed by atoms with Gasteiger partial charge in [-0.1, -0.05) is 12.2 Å². The van der Waals surface area contributed by atoms with Crippen molar-refractivity contribution < 1.29 is 4.39 Å². The van der Waals surface area contributed by atoms with Crippen LogP contribution >= 0.6 is 15.9 Å². The summed E-state index contributed by atoms with van der Waals surface area (Å²) in [5.41, 5.74) is 1.94. The molecule has 3 rings (SSSR count). The maximum atomic E-state index is 12.9. The van der Waals surface area contributed by atoms with Crippen molar-refractivity contribution in [2.45, 2.75) is 31.5 Å². The van der Waals surface area contributed by atoms with Crippen LogP contribution in [0.5, 0.6) is 0 Å². The fourth-order valence-electron chi connectivity index (χ4n) is 1.92. The summed E-state index contributed by atoms with van der Waals surface area (Å²) in [6, 6.07) is 0.609. The molecule has 84 valence electrons. The van der Waals surface area contributed by atoms with Gasteiger partial charge in [-0.2, -0.15) is 0 Å². The molecule has 1 atom stereocenters. The van der Waals surface area contributed by atoms with Crippen LogP contribution in [0.15, 0.2) is 29.2 Å². The second-order valence-corrected chi connectivity index (χ2v) is 5.04. The van der Waals surface area contributed by atoms with Crippen molar-refractivity contribution in [1.82, 2.24) is 9.55 Å². The first kappa shape index (κ1) is 10.3. The summed E-state index contributed by atoms with van der Waals surface area (Å²) in [5.74, 6) is 0. The Morgan fingerprint density at radius 2 is 2.25 bits per heavy atom. The molecule has 4 heteroatoms. The number of hydrogen-bond acceptors (Lipinski definition) is 1. The van der Waals surface area contributed by atoms with E-state index in [1.807, 2.05) is 18.5 Å². The highest BCUT2D eigenvalue weighted by atomic mass is 79.9. The lowest BCUT2D eigenvalue weighted by Gasteiger charge is -2.08. The van der Waals surface area contributed by atoms with Gasteiger partial charge in [-0.3, -0.25) is 0 Å². The van der Waals surface area contributed by atoms with Crippen LogP contribution in [-0.2, 0) is 0 Å². The molecule has 1 heterocycles. The Kier molecular flexibility index (Phi) is 2.46. The van der Waals surface area contributed by atoms with Crippen molar-refractivity contribution in [3.8, 4) is 0 Å². The number of halogens is 2. The molecule has 0 bridgehead atoms. The minimum Gasteiger partial charge on any atom is -0.322 e. The van der Waals surface area contributed by atoms with Gasteiger partial charge in [-0.05, 0) is 40.4 Å². The van der Waals surface area contributed by atoms with Gasteiger partial charge in [0, 0.05) is 12.5 Å². The molecule has 0 saturated heterocycles. The van der Waals surface area contributed by atoms with E-state index >= 15 is 0 Å². The van der Waals surface area contributed by atoms with Gasteiger partial charge in [0.05, 0.1) is 6.33 Å². The summed E-state index contributed by atoms with van der Waals surface area (Å²) in [4.78, 5) is 4.40. The highest BCUT2D eigenvalue weighted by Gasteiger charge is 2.27. The van der Waals surface area contributed by atoms with E-state index in [1.54, 1.807) is 6.08 Å².